The largest absolute Gasteiger partial charge is 0.477 e. The van der Waals surface area contributed by atoms with E-state index in [4.69, 9.17) is 9.63 Å². The summed E-state index contributed by atoms with van der Waals surface area (Å²) in [5.74, 6) is -0.555. The van der Waals surface area contributed by atoms with Gasteiger partial charge in [0.1, 0.15) is 14.8 Å². The van der Waals surface area contributed by atoms with Gasteiger partial charge in [-0.05, 0) is 25.5 Å². The number of sulfonamides is 1. The van der Waals surface area contributed by atoms with Crippen LogP contribution in [-0.4, -0.2) is 24.7 Å². The minimum atomic E-state index is -3.76. The summed E-state index contributed by atoms with van der Waals surface area (Å²) in [5.41, 5.74) is 0.873. The van der Waals surface area contributed by atoms with Crippen molar-refractivity contribution < 1.29 is 22.8 Å². The van der Waals surface area contributed by atoms with Crippen LogP contribution in [0.15, 0.2) is 20.9 Å². The third kappa shape index (κ3) is 3.06. The van der Waals surface area contributed by atoms with E-state index in [1.165, 1.54) is 6.07 Å². The Morgan fingerprint density at radius 3 is 2.65 bits per heavy atom. The minimum absolute atomic E-state index is 0.0149. The molecule has 0 aliphatic rings. The standard InChI is InChI=1S/C11H12N2O5S2/c1-6-3-9(19-10(6)11(14)15)20(16,17)12-5-8-4-7(2)18-13-8/h3-4,12H,5H2,1-2H3,(H,14,15). The average Bonchev–Trinajstić information content (AvgIpc) is 2.93. The zero-order valence-electron chi connectivity index (χ0n) is 10.7. The molecule has 2 aromatic rings. The van der Waals surface area contributed by atoms with E-state index in [1.807, 2.05) is 0 Å². The summed E-state index contributed by atoms with van der Waals surface area (Å²) in [6.45, 7) is 3.24. The Kier molecular flexibility index (Phi) is 3.93. The van der Waals surface area contributed by atoms with E-state index in [2.05, 4.69) is 9.88 Å². The molecular formula is C11H12N2O5S2. The maximum absolute atomic E-state index is 12.0. The fourth-order valence-corrected chi connectivity index (χ4v) is 3.96. The number of carboxylic acid groups (broad SMARTS) is 1. The van der Waals surface area contributed by atoms with E-state index in [1.54, 1.807) is 19.9 Å². The molecule has 0 aromatic carbocycles. The highest BCUT2D eigenvalue weighted by Gasteiger charge is 2.21. The van der Waals surface area contributed by atoms with Crippen molar-refractivity contribution in [2.45, 2.75) is 24.6 Å². The van der Waals surface area contributed by atoms with Crippen LogP contribution in [0.2, 0.25) is 0 Å². The summed E-state index contributed by atoms with van der Waals surface area (Å²) in [7, 11) is -3.76. The van der Waals surface area contributed by atoms with Crippen LogP contribution < -0.4 is 4.72 Å². The molecule has 108 valence electrons. The van der Waals surface area contributed by atoms with Crippen molar-refractivity contribution >= 4 is 27.3 Å². The second-order valence-electron chi connectivity index (χ2n) is 4.14. The molecule has 2 N–H and O–H groups in total. The van der Waals surface area contributed by atoms with Crippen molar-refractivity contribution in [2.24, 2.45) is 0 Å². The monoisotopic (exact) mass is 316 g/mol. The Bertz CT molecular complexity index is 745. The first-order valence-corrected chi connectivity index (χ1v) is 7.85. The fourth-order valence-electron chi connectivity index (χ4n) is 1.54. The zero-order chi connectivity index (χ0) is 14.9. The molecule has 20 heavy (non-hydrogen) atoms. The maximum atomic E-state index is 12.0. The molecule has 0 saturated carbocycles. The molecule has 9 heteroatoms. The van der Waals surface area contributed by atoms with Gasteiger partial charge in [0.2, 0.25) is 10.0 Å². The van der Waals surface area contributed by atoms with Crippen LogP contribution in [0.4, 0.5) is 0 Å². The van der Waals surface area contributed by atoms with Crippen LogP contribution in [0, 0.1) is 13.8 Å². The lowest BCUT2D eigenvalue weighted by Crippen LogP contribution is -2.22. The lowest BCUT2D eigenvalue weighted by Gasteiger charge is -2.01. The number of hydrogen-bond donors (Lipinski definition) is 2. The molecule has 0 spiro atoms. The van der Waals surface area contributed by atoms with E-state index < -0.39 is 16.0 Å². The lowest BCUT2D eigenvalue weighted by atomic mass is 10.3. The normalized spacial score (nSPS) is 11.7. The average molecular weight is 316 g/mol. The summed E-state index contributed by atoms with van der Waals surface area (Å²) in [5, 5.41) is 12.6. The maximum Gasteiger partial charge on any atom is 0.346 e. The van der Waals surface area contributed by atoms with Gasteiger partial charge < -0.3 is 9.63 Å². The van der Waals surface area contributed by atoms with Crippen LogP contribution in [0.1, 0.15) is 26.7 Å². The second-order valence-corrected chi connectivity index (χ2v) is 7.18. The third-order valence-corrected chi connectivity index (χ3v) is 5.57. The molecule has 0 bridgehead atoms. The number of nitrogens with zero attached hydrogens (tertiary/aromatic N) is 1. The first-order chi connectivity index (χ1) is 9.29. The summed E-state index contributed by atoms with van der Waals surface area (Å²) in [6.07, 6.45) is 0. The summed E-state index contributed by atoms with van der Waals surface area (Å²) < 4.78 is 31.2. The first-order valence-electron chi connectivity index (χ1n) is 5.55. The van der Waals surface area contributed by atoms with Crippen molar-refractivity contribution in [3.05, 3.63) is 34.0 Å². The molecule has 0 fully saturated rings. The molecule has 0 aliphatic heterocycles. The van der Waals surface area contributed by atoms with Crippen LogP contribution >= 0.6 is 11.3 Å². The lowest BCUT2D eigenvalue weighted by molar-refractivity contribution is 0.0701. The van der Waals surface area contributed by atoms with Crippen molar-refractivity contribution in [1.29, 1.82) is 0 Å². The number of thiophene rings is 1. The van der Waals surface area contributed by atoms with Gasteiger partial charge in [-0.15, -0.1) is 11.3 Å². The number of nitrogens with one attached hydrogen (secondary N) is 1. The summed E-state index contributed by atoms with van der Waals surface area (Å²) in [4.78, 5) is 10.9. The number of hydrogen-bond acceptors (Lipinski definition) is 6. The number of aromatic carboxylic acids is 1. The summed E-state index contributed by atoms with van der Waals surface area (Å²) >= 11 is 0.721. The Hall–Kier alpha value is -1.71. The highest BCUT2D eigenvalue weighted by Crippen LogP contribution is 2.25. The van der Waals surface area contributed by atoms with Gasteiger partial charge in [-0.25, -0.2) is 17.9 Å². The molecule has 0 saturated heterocycles. The number of aryl methyl sites for hydroxylation is 2. The second kappa shape index (κ2) is 5.35. The summed E-state index contributed by atoms with van der Waals surface area (Å²) in [6, 6.07) is 2.95. The van der Waals surface area contributed by atoms with Crippen LogP contribution in [0.5, 0.6) is 0 Å². The van der Waals surface area contributed by atoms with E-state index in [0.29, 0.717) is 17.0 Å². The SMILES string of the molecule is Cc1cc(CNS(=O)(=O)c2cc(C)c(C(=O)O)s2)no1. The quantitative estimate of drug-likeness (QED) is 0.865. The molecule has 0 unspecified atom stereocenters. The molecule has 7 nitrogen and oxygen atoms in total. The van der Waals surface area contributed by atoms with Gasteiger partial charge in [0, 0.05) is 6.07 Å². The molecule has 0 aliphatic carbocycles. The van der Waals surface area contributed by atoms with Gasteiger partial charge in [-0.2, -0.15) is 0 Å². The molecule has 2 aromatic heterocycles. The van der Waals surface area contributed by atoms with Gasteiger partial charge in [-0.1, -0.05) is 5.16 Å². The third-order valence-electron chi connectivity index (χ3n) is 2.47. The first kappa shape index (κ1) is 14.7. The van der Waals surface area contributed by atoms with Gasteiger partial charge in [0.25, 0.3) is 0 Å². The Morgan fingerprint density at radius 2 is 2.15 bits per heavy atom. The number of carboxylic acids is 1. The molecule has 0 amide bonds. The highest BCUT2D eigenvalue weighted by molar-refractivity contribution is 7.91. The topological polar surface area (TPSA) is 110 Å². The number of carbonyl (C=O) groups is 1. The van der Waals surface area contributed by atoms with Gasteiger partial charge >= 0.3 is 5.97 Å². The predicted octanol–water partition coefficient (Wildman–Crippen LogP) is 1.53. The van der Waals surface area contributed by atoms with E-state index in [0.717, 1.165) is 11.3 Å². The van der Waals surface area contributed by atoms with Crippen LogP contribution in [0.3, 0.4) is 0 Å². The van der Waals surface area contributed by atoms with E-state index >= 15 is 0 Å². The van der Waals surface area contributed by atoms with Crippen LogP contribution in [0.25, 0.3) is 0 Å². The molecule has 2 rings (SSSR count). The van der Waals surface area contributed by atoms with Crippen molar-refractivity contribution in [2.75, 3.05) is 0 Å². The van der Waals surface area contributed by atoms with Crippen molar-refractivity contribution in [3.63, 3.8) is 0 Å². The molecule has 2 heterocycles. The Morgan fingerprint density at radius 1 is 1.45 bits per heavy atom. The Labute approximate surface area is 119 Å². The number of aromatic nitrogens is 1. The van der Waals surface area contributed by atoms with Gasteiger partial charge in [0.05, 0.1) is 12.2 Å². The highest BCUT2D eigenvalue weighted by atomic mass is 32.2. The van der Waals surface area contributed by atoms with Gasteiger partial charge in [0.15, 0.2) is 0 Å². The number of rotatable bonds is 5. The molecule has 0 atom stereocenters. The van der Waals surface area contributed by atoms with Crippen molar-refractivity contribution in [3.8, 4) is 0 Å². The Balaban J connectivity index is 2.18. The zero-order valence-corrected chi connectivity index (χ0v) is 12.3. The minimum Gasteiger partial charge on any atom is -0.477 e. The van der Waals surface area contributed by atoms with Crippen LogP contribution in [-0.2, 0) is 16.6 Å². The fraction of sp³-hybridized carbons (Fsp3) is 0.273. The van der Waals surface area contributed by atoms with E-state index in [9.17, 15) is 13.2 Å². The van der Waals surface area contributed by atoms with E-state index in [-0.39, 0.29) is 15.6 Å². The molecule has 0 radical (unpaired) electrons. The predicted molar refractivity (Wildman–Crippen MR) is 71.3 cm³/mol. The van der Waals surface area contributed by atoms with Crippen molar-refractivity contribution in [1.82, 2.24) is 9.88 Å². The molecular weight excluding hydrogens is 304 g/mol. The van der Waals surface area contributed by atoms with Gasteiger partial charge in [-0.3, -0.25) is 0 Å². The smallest absolute Gasteiger partial charge is 0.346 e.